The third-order valence-electron chi connectivity index (χ3n) is 3.44. The third kappa shape index (κ3) is 2.58. The number of rotatable bonds is 3. The van der Waals surface area contributed by atoms with Gasteiger partial charge in [0.15, 0.2) is 0 Å². The lowest BCUT2D eigenvalue weighted by molar-refractivity contribution is -0.125. The van der Waals surface area contributed by atoms with E-state index in [2.05, 4.69) is 15.6 Å². The summed E-state index contributed by atoms with van der Waals surface area (Å²) in [5, 5.41) is 5.61. The van der Waals surface area contributed by atoms with E-state index in [1.807, 2.05) is 13.8 Å². The number of ether oxygens (including phenoxy) is 1. The predicted molar refractivity (Wildman–Crippen MR) is 68.0 cm³/mol. The number of carbonyl (C=O) groups excluding carboxylic acids is 2. The molecule has 0 aromatic carbocycles. The first kappa shape index (κ1) is 13.5. The van der Waals surface area contributed by atoms with Crippen molar-refractivity contribution in [1.29, 1.82) is 0 Å². The summed E-state index contributed by atoms with van der Waals surface area (Å²) in [6.07, 6.45) is 2.18. The molecule has 6 heteroatoms. The van der Waals surface area contributed by atoms with Gasteiger partial charge in [-0.15, -0.1) is 0 Å². The quantitative estimate of drug-likeness (QED) is 0.783. The van der Waals surface area contributed by atoms with Crippen molar-refractivity contribution in [2.45, 2.75) is 32.7 Å². The molecule has 0 spiro atoms. The van der Waals surface area contributed by atoms with Crippen molar-refractivity contribution in [3.8, 4) is 0 Å². The third-order valence-corrected chi connectivity index (χ3v) is 3.44. The second-order valence-corrected chi connectivity index (χ2v) is 5.00. The molecule has 2 N–H and O–H groups in total. The molecule has 2 rings (SSSR count). The van der Waals surface area contributed by atoms with E-state index in [1.165, 1.54) is 6.20 Å². The standard InChI is InChI=1S/C13H17N3O3/c1-8(2)13(3)11(18)15-12(16-13)19-10(17)9-5-4-6-14-7-9/h4-8,12,16H,1-3H3,(H,15,18). The first-order valence-electron chi connectivity index (χ1n) is 6.13. The van der Waals surface area contributed by atoms with Gasteiger partial charge in [-0.25, -0.2) is 10.1 Å². The highest BCUT2D eigenvalue weighted by Crippen LogP contribution is 2.22. The molecule has 1 aromatic rings. The zero-order chi connectivity index (χ0) is 14.0. The van der Waals surface area contributed by atoms with Crippen molar-refractivity contribution in [1.82, 2.24) is 15.6 Å². The number of pyridine rings is 1. The Labute approximate surface area is 111 Å². The number of esters is 1. The molecule has 2 unspecified atom stereocenters. The summed E-state index contributed by atoms with van der Waals surface area (Å²) in [6, 6.07) is 3.25. The maximum absolute atomic E-state index is 11.9. The van der Waals surface area contributed by atoms with Crippen LogP contribution in [0.25, 0.3) is 0 Å². The highest BCUT2D eigenvalue weighted by atomic mass is 16.6. The minimum Gasteiger partial charge on any atom is -0.424 e. The SMILES string of the molecule is CC(C)C1(C)NC(OC(=O)c2cccnc2)NC1=O. The van der Waals surface area contributed by atoms with Crippen LogP contribution in [0.1, 0.15) is 31.1 Å². The lowest BCUT2D eigenvalue weighted by Crippen LogP contribution is -2.49. The number of hydrogen-bond donors (Lipinski definition) is 2. The van der Waals surface area contributed by atoms with Gasteiger partial charge in [0.1, 0.15) is 5.54 Å². The fourth-order valence-corrected chi connectivity index (χ4v) is 1.79. The Morgan fingerprint density at radius 1 is 1.53 bits per heavy atom. The molecule has 1 saturated heterocycles. The fraction of sp³-hybridized carbons (Fsp3) is 0.462. The molecule has 6 nitrogen and oxygen atoms in total. The predicted octanol–water partition coefficient (Wildman–Crippen LogP) is 0.656. The van der Waals surface area contributed by atoms with Crippen molar-refractivity contribution in [3.63, 3.8) is 0 Å². The molecule has 2 heterocycles. The van der Waals surface area contributed by atoms with E-state index in [0.29, 0.717) is 5.56 Å². The Morgan fingerprint density at radius 3 is 2.79 bits per heavy atom. The molecule has 1 amide bonds. The van der Waals surface area contributed by atoms with E-state index in [-0.39, 0.29) is 11.8 Å². The van der Waals surface area contributed by atoms with Gasteiger partial charge in [-0.1, -0.05) is 13.8 Å². The van der Waals surface area contributed by atoms with Gasteiger partial charge in [0.2, 0.25) is 12.3 Å². The molecule has 19 heavy (non-hydrogen) atoms. The van der Waals surface area contributed by atoms with Gasteiger partial charge < -0.3 is 10.1 Å². The monoisotopic (exact) mass is 263 g/mol. The van der Waals surface area contributed by atoms with E-state index < -0.39 is 17.9 Å². The number of nitrogens with zero attached hydrogens (tertiary/aromatic N) is 1. The number of carbonyl (C=O) groups is 2. The van der Waals surface area contributed by atoms with Gasteiger partial charge in [0.25, 0.3) is 0 Å². The van der Waals surface area contributed by atoms with Crippen molar-refractivity contribution in [2.24, 2.45) is 5.92 Å². The van der Waals surface area contributed by atoms with Crippen LogP contribution in [0.3, 0.4) is 0 Å². The highest BCUT2D eigenvalue weighted by Gasteiger charge is 2.46. The number of amides is 1. The molecular weight excluding hydrogens is 246 g/mol. The summed E-state index contributed by atoms with van der Waals surface area (Å²) in [7, 11) is 0. The zero-order valence-corrected chi connectivity index (χ0v) is 11.1. The van der Waals surface area contributed by atoms with Crippen molar-refractivity contribution in [3.05, 3.63) is 30.1 Å². The normalized spacial score (nSPS) is 26.3. The zero-order valence-electron chi connectivity index (χ0n) is 11.1. The van der Waals surface area contributed by atoms with Crippen LogP contribution in [0, 0.1) is 5.92 Å². The van der Waals surface area contributed by atoms with Gasteiger partial charge >= 0.3 is 5.97 Å². The van der Waals surface area contributed by atoms with Crippen LogP contribution in [0.5, 0.6) is 0 Å². The van der Waals surface area contributed by atoms with Crippen LogP contribution < -0.4 is 10.6 Å². The van der Waals surface area contributed by atoms with Gasteiger partial charge in [0.05, 0.1) is 5.56 Å². The second kappa shape index (κ2) is 4.97. The second-order valence-electron chi connectivity index (χ2n) is 5.00. The van der Waals surface area contributed by atoms with Crippen LogP contribution in [0.15, 0.2) is 24.5 Å². The van der Waals surface area contributed by atoms with E-state index in [4.69, 9.17) is 4.74 Å². The molecule has 1 aliphatic heterocycles. The Hall–Kier alpha value is -1.95. The molecule has 1 fully saturated rings. The van der Waals surface area contributed by atoms with Crippen LogP contribution in [-0.4, -0.2) is 28.8 Å². The summed E-state index contributed by atoms with van der Waals surface area (Å²) in [4.78, 5) is 27.6. The minimum atomic E-state index is -0.812. The van der Waals surface area contributed by atoms with Crippen LogP contribution >= 0.6 is 0 Å². The summed E-state index contributed by atoms with van der Waals surface area (Å²) < 4.78 is 5.19. The lowest BCUT2D eigenvalue weighted by Gasteiger charge is -2.25. The first-order valence-corrected chi connectivity index (χ1v) is 6.13. The minimum absolute atomic E-state index is 0.0783. The van der Waals surface area contributed by atoms with Gasteiger partial charge in [-0.05, 0) is 25.0 Å². The Kier molecular flexibility index (Phi) is 3.53. The number of hydrogen-bond acceptors (Lipinski definition) is 5. The van der Waals surface area contributed by atoms with Crippen molar-refractivity contribution < 1.29 is 14.3 Å². The van der Waals surface area contributed by atoms with Crippen molar-refractivity contribution in [2.75, 3.05) is 0 Å². The Bertz CT molecular complexity index is 489. The van der Waals surface area contributed by atoms with Gasteiger partial charge in [-0.3, -0.25) is 9.78 Å². The van der Waals surface area contributed by atoms with Crippen LogP contribution in [0.4, 0.5) is 0 Å². The van der Waals surface area contributed by atoms with E-state index >= 15 is 0 Å². The molecule has 1 aliphatic rings. The average molecular weight is 263 g/mol. The summed E-state index contributed by atoms with van der Waals surface area (Å²) >= 11 is 0. The fourth-order valence-electron chi connectivity index (χ4n) is 1.79. The van der Waals surface area contributed by atoms with Crippen LogP contribution in [0.2, 0.25) is 0 Å². The van der Waals surface area contributed by atoms with Gasteiger partial charge in [-0.2, -0.15) is 0 Å². The van der Waals surface area contributed by atoms with Gasteiger partial charge in [0, 0.05) is 12.4 Å². The summed E-state index contributed by atoms with van der Waals surface area (Å²) in [6.45, 7) is 5.64. The number of nitrogens with one attached hydrogen (secondary N) is 2. The van der Waals surface area contributed by atoms with E-state index in [1.54, 1.807) is 25.3 Å². The number of aromatic nitrogens is 1. The average Bonchev–Trinajstić information content (AvgIpc) is 2.67. The Morgan fingerprint density at radius 2 is 2.26 bits per heavy atom. The summed E-state index contributed by atoms with van der Waals surface area (Å²) in [5.74, 6) is -0.625. The van der Waals surface area contributed by atoms with E-state index in [9.17, 15) is 9.59 Å². The maximum atomic E-state index is 11.9. The molecule has 102 valence electrons. The molecule has 1 aromatic heterocycles. The first-order chi connectivity index (χ1) is 8.93. The van der Waals surface area contributed by atoms with Crippen LogP contribution in [-0.2, 0) is 9.53 Å². The molecular formula is C13H17N3O3. The molecule has 0 radical (unpaired) electrons. The van der Waals surface area contributed by atoms with Crippen molar-refractivity contribution >= 4 is 11.9 Å². The Balaban J connectivity index is 2.03. The highest BCUT2D eigenvalue weighted by molar-refractivity contribution is 5.91. The molecule has 0 aliphatic carbocycles. The van der Waals surface area contributed by atoms with E-state index in [0.717, 1.165) is 0 Å². The summed E-state index contributed by atoms with van der Waals surface area (Å²) in [5.41, 5.74) is -0.392. The maximum Gasteiger partial charge on any atom is 0.342 e. The topological polar surface area (TPSA) is 80.3 Å². The smallest absolute Gasteiger partial charge is 0.342 e. The molecule has 0 bridgehead atoms. The lowest BCUT2D eigenvalue weighted by atomic mass is 9.89. The largest absolute Gasteiger partial charge is 0.424 e. The molecule has 2 atom stereocenters. The molecule has 0 saturated carbocycles.